The number of carbonyl (C=O) groups is 2. The molecule has 2 unspecified atom stereocenters. The number of unbranched alkanes of at least 4 members (excludes halogenated alkanes) is 40. The third-order valence-electron chi connectivity index (χ3n) is 13.6. The summed E-state index contributed by atoms with van der Waals surface area (Å²) in [5.74, 6) is -0.0910. The summed E-state index contributed by atoms with van der Waals surface area (Å²) < 4.78 is 5.48. The van der Waals surface area contributed by atoms with E-state index in [0.717, 1.165) is 64.2 Å². The zero-order valence-corrected chi connectivity index (χ0v) is 44.9. The minimum atomic E-state index is -0.855. The van der Waals surface area contributed by atoms with Gasteiger partial charge in [0.2, 0.25) is 5.91 Å². The number of aliphatic hydroxyl groups is 2. The predicted octanol–water partition coefficient (Wildman–Crippen LogP) is 18.4. The molecule has 0 aromatic rings. The quantitative estimate of drug-likeness (QED) is 0.0321. The lowest BCUT2D eigenvalue weighted by Crippen LogP contribution is -2.45. The van der Waals surface area contributed by atoms with Crippen molar-refractivity contribution in [2.24, 2.45) is 0 Å². The van der Waals surface area contributed by atoms with Crippen LogP contribution >= 0.6 is 0 Å². The van der Waals surface area contributed by atoms with Gasteiger partial charge in [-0.2, -0.15) is 0 Å². The van der Waals surface area contributed by atoms with Crippen molar-refractivity contribution >= 4 is 11.9 Å². The lowest BCUT2D eigenvalue weighted by atomic mass is 10.0. The molecule has 0 aliphatic heterocycles. The van der Waals surface area contributed by atoms with E-state index in [2.05, 4.69) is 43.5 Å². The lowest BCUT2D eigenvalue weighted by Gasteiger charge is -2.20. The first-order valence-corrected chi connectivity index (χ1v) is 29.8. The average Bonchev–Trinajstić information content (AvgIpc) is 3.33. The van der Waals surface area contributed by atoms with Gasteiger partial charge in [0.1, 0.15) is 0 Å². The molecule has 0 aliphatic rings. The molecule has 1 amide bonds. The Morgan fingerprint density at radius 1 is 0.403 bits per heavy atom. The van der Waals surface area contributed by atoms with Crippen LogP contribution in [0.4, 0.5) is 0 Å². The Bertz CT molecular complexity index is 1090. The van der Waals surface area contributed by atoms with Crippen molar-refractivity contribution in [3.8, 4) is 0 Å². The Kier molecular flexibility index (Phi) is 55.0. The molecular formula is C61H115NO5. The summed E-state index contributed by atoms with van der Waals surface area (Å²) in [4.78, 5) is 24.5. The zero-order valence-electron chi connectivity index (χ0n) is 44.9. The first-order chi connectivity index (χ1) is 33.0. The van der Waals surface area contributed by atoms with Crippen LogP contribution in [-0.2, 0) is 14.3 Å². The van der Waals surface area contributed by atoms with Gasteiger partial charge in [0.05, 0.1) is 25.4 Å². The second-order valence-corrected chi connectivity index (χ2v) is 20.3. The molecule has 0 saturated heterocycles. The highest BCUT2D eigenvalue weighted by molar-refractivity contribution is 5.76. The molecule has 0 aromatic carbocycles. The van der Waals surface area contributed by atoms with Crippen LogP contribution in [0.2, 0.25) is 0 Å². The van der Waals surface area contributed by atoms with E-state index >= 15 is 0 Å². The van der Waals surface area contributed by atoms with Crippen LogP contribution in [0.3, 0.4) is 0 Å². The van der Waals surface area contributed by atoms with Crippen LogP contribution in [0, 0.1) is 0 Å². The molecule has 67 heavy (non-hydrogen) atoms. The molecular weight excluding hydrogens is 827 g/mol. The van der Waals surface area contributed by atoms with Crippen molar-refractivity contribution in [1.29, 1.82) is 0 Å². The maximum absolute atomic E-state index is 12.5. The van der Waals surface area contributed by atoms with E-state index in [4.69, 9.17) is 4.74 Å². The molecule has 0 fully saturated rings. The number of ether oxygens (including phenoxy) is 1. The summed E-state index contributed by atoms with van der Waals surface area (Å²) >= 11 is 0. The highest BCUT2D eigenvalue weighted by Gasteiger charge is 2.18. The van der Waals surface area contributed by atoms with Crippen LogP contribution in [0.25, 0.3) is 0 Å². The maximum atomic E-state index is 12.5. The van der Waals surface area contributed by atoms with Crippen LogP contribution in [0.1, 0.15) is 316 Å². The van der Waals surface area contributed by atoms with E-state index in [1.807, 2.05) is 6.08 Å². The Labute approximate surface area is 417 Å². The van der Waals surface area contributed by atoms with E-state index in [-0.39, 0.29) is 18.5 Å². The highest BCUT2D eigenvalue weighted by Crippen LogP contribution is 2.16. The number of nitrogens with one attached hydrogen (secondary N) is 1. The molecule has 3 N–H and O–H groups in total. The maximum Gasteiger partial charge on any atom is 0.305 e. The molecule has 0 saturated carbocycles. The van der Waals surface area contributed by atoms with E-state index in [0.29, 0.717) is 19.4 Å². The second-order valence-electron chi connectivity index (χ2n) is 20.3. The molecule has 0 aromatic heterocycles. The van der Waals surface area contributed by atoms with Gasteiger partial charge in [-0.3, -0.25) is 9.59 Å². The Balaban J connectivity index is 3.48. The molecule has 394 valence electrons. The van der Waals surface area contributed by atoms with Gasteiger partial charge in [-0.25, -0.2) is 0 Å². The third-order valence-corrected chi connectivity index (χ3v) is 13.6. The Morgan fingerprint density at radius 3 is 1.06 bits per heavy atom. The number of hydrogen-bond donors (Lipinski definition) is 3. The summed E-state index contributed by atoms with van der Waals surface area (Å²) in [7, 11) is 0. The minimum Gasteiger partial charge on any atom is -0.466 e. The molecule has 0 heterocycles. The van der Waals surface area contributed by atoms with Crippen LogP contribution in [0.5, 0.6) is 0 Å². The molecule has 6 heteroatoms. The monoisotopic (exact) mass is 942 g/mol. The summed E-state index contributed by atoms with van der Waals surface area (Å²) in [5.41, 5.74) is 0. The van der Waals surface area contributed by atoms with E-state index in [1.54, 1.807) is 6.08 Å². The fraction of sp³-hybridized carbons (Fsp3) is 0.869. The fourth-order valence-corrected chi connectivity index (χ4v) is 9.03. The van der Waals surface area contributed by atoms with Crippen molar-refractivity contribution in [2.45, 2.75) is 328 Å². The van der Waals surface area contributed by atoms with Crippen molar-refractivity contribution in [2.75, 3.05) is 13.2 Å². The molecule has 0 bridgehead atoms. The molecule has 0 aliphatic carbocycles. The average molecular weight is 943 g/mol. The minimum absolute atomic E-state index is 0.00679. The first-order valence-electron chi connectivity index (χ1n) is 29.8. The van der Waals surface area contributed by atoms with Crippen molar-refractivity contribution < 1.29 is 24.5 Å². The van der Waals surface area contributed by atoms with Gasteiger partial charge in [-0.05, 0) is 83.5 Å². The summed E-state index contributed by atoms with van der Waals surface area (Å²) in [5, 5.41) is 23.1. The number of hydrogen-bond acceptors (Lipinski definition) is 5. The molecule has 0 spiro atoms. The molecule has 0 radical (unpaired) electrons. The van der Waals surface area contributed by atoms with Crippen LogP contribution in [0.15, 0.2) is 36.5 Å². The zero-order chi connectivity index (χ0) is 48.6. The number of rotatable bonds is 55. The predicted molar refractivity (Wildman–Crippen MR) is 292 cm³/mol. The van der Waals surface area contributed by atoms with Crippen molar-refractivity contribution in [1.82, 2.24) is 5.32 Å². The largest absolute Gasteiger partial charge is 0.466 e. The van der Waals surface area contributed by atoms with Crippen LogP contribution < -0.4 is 5.32 Å². The van der Waals surface area contributed by atoms with Gasteiger partial charge in [-0.1, -0.05) is 256 Å². The van der Waals surface area contributed by atoms with E-state index in [9.17, 15) is 19.8 Å². The number of aliphatic hydroxyl groups excluding tert-OH is 2. The van der Waals surface area contributed by atoms with Crippen LogP contribution in [-0.4, -0.2) is 47.4 Å². The van der Waals surface area contributed by atoms with Gasteiger partial charge in [0.25, 0.3) is 0 Å². The number of carbonyl (C=O) groups excluding carboxylic acids is 2. The molecule has 2 atom stereocenters. The van der Waals surface area contributed by atoms with Gasteiger partial charge >= 0.3 is 5.97 Å². The first kappa shape index (κ1) is 65.1. The number of amides is 1. The van der Waals surface area contributed by atoms with Crippen molar-refractivity contribution in [3.63, 3.8) is 0 Å². The van der Waals surface area contributed by atoms with Gasteiger partial charge < -0.3 is 20.3 Å². The summed E-state index contributed by atoms with van der Waals surface area (Å²) in [6.45, 7) is 4.89. The van der Waals surface area contributed by atoms with Gasteiger partial charge in [0, 0.05) is 12.8 Å². The molecule has 0 rings (SSSR count). The lowest BCUT2D eigenvalue weighted by molar-refractivity contribution is -0.143. The summed E-state index contributed by atoms with van der Waals surface area (Å²) in [6.07, 6.45) is 70.2. The number of esters is 1. The number of allylic oxidation sites excluding steroid dienone is 5. The second kappa shape index (κ2) is 56.7. The third kappa shape index (κ3) is 53.3. The molecule has 6 nitrogen and oxygen atoms in total. The van der Waals surface area contributed by atoms with Gasteiger partial charge in [-0.15, -0.1) is 0 Å². The van der Waals surface area contributed by atoms with E-state index in [1.165, 1.54) is 225 Å². The van der Waals surface area contributed by atoms with Crippen molar-refractivity contribution in [3.05, 3.63) is 36.5 Å². The highest BCUT2D eigenvalue weighted by atomic mass is 16.5. The van der Waals surface area contributed by atoms with Gasteiger partial charge in [0.15, 0.2) is 0 Å². The summed E-state index contributed by atoms with van der Waals surface area (Å²) in [6, 6.07) is -0.641. The normalized spacial score (nSPS) is 12.8. The SMILES string of the molecule is CCCCCCCCC/C=C\CCCCCCCCCC(=O)OCCCCCCCCC/C=C\CCCCCCCC(=O)NC(CO)C(O)/C=C/CCCCCCCCCCCCCCCC. The Morgan fingerprint density at radius 2 is 0.701 bits per heavy atom. The topological polar surface area (TPSA) is 95.9 Å². The smallest absolute Gasteiger partial charge is 0.305 e. The standard InChI is InChI=1S/C61H115NO5/c1-3-5-7-9-11-13-15-17-19-21-22-27-31-35-39-43-47-51-55-61(66)67-56-52-48-44-40-36-32-28-24-23-26-30-34-38-42-46-50-54-60(65)62-58(57-63)59(64)53-49-45-41-37-33-29-25-20-18-16-14-12-10-8-6-4-2/h19,21,23,26,49,53,58-59,63-64H,3-18,20,22,24-25,27-48,50-52,54-57H2,1-2H3,(H,62,65)/b21-19-,26-23-,53-49+. The van der Waals surface area contributed by atoms with E-state index < -0.39 is 12.1 Å². The fourth-order valence-electron chi connectivity index (χ4n) is 9.03. The Hall–Kier alpha value is -1.92.